The fourth-order valence-corrected chi connectivity index (χ4v) is 3.40. The zero-order chi connectivity index (χ0) is 17.6. The summed E-state index contributed by atoms with van der Waals surface area (Å²) in [6, 6.07) is 10.8. The van der Waals surface area contributed by atoms with Crippen LogP contribution in [0.1, 0.15) is 24.2 Å². The molecule has 0 spiro atoms. The molecule has 2 rings (SSSR count). The van der Waals surface area contributed by atoms with Crippen LogP contribution in [0.15, 0.2) is 46.0 Å². The first kappa shape index (κ1) is 21.5. The van der Waals surface area contributed by atoms with Crippen molar-refractivity contribution in [2.75, 3.05) is 17.6 Å². The summed E-state index contributed by atoms with van der Waals surface area (Å²) < 4.78 is 1.11. The molecule has 0 aliphatic heterocycles. The molecule has 2 aromatic rings. The number of carbonyl (C=O) groups is 2. The molecule has 2 amide bonds. The van der Waals surface area contributed by atoms with Crippen molar-refractivity contribution >= 4 is 53.0 Å². The third-order valence-electron chi connectivity index (χ3n) is 3.23. The summed E-state index contributed by atoms with van der Waals surface area (Å²) in [7, 11) is 0. The molecule has 0 aliphatic carbocycles. The quantitative estimate of drug-likeness (QED) is 0.623. The Morgan fingerprint density at radius 3 is 2.44 bits per heavy atom. The van der Waals surface area contributed by atoms with Crippen molar-refractivity contribution in [1.82, 2.24) is 5.32 Å². The second kappa shape index (κ2) is 9.82. The Hall–Kier alpha value is -1.54. The first-order chi connectivity index (χ1) is 11.4. The van der Waals surface area contributed by atoms with E-state index >= 15 is 0 Å². The van der Waals surface area contributed by atoms with Crippen LogP contribution >= 0.6 is 35.5 Å². The number of amides is 2. The number of thiophene rings is 1. The molecule has 8 heteroatoms. The van der Waals surface area contributed by atoms with Gasteiger partial charge in [-0.2, -0.15) is 0 Å². The van der Waals surface area contributed by atoms with Crippen molar-refractivity contribution in [3.05, 3.63) is 47.3 Å². The predicted octanol–water partition coefficient (Wildman–Crippen LogP) is 3.37. The molecule has 0 unspecified atom stereocenters. The van der Waals surface area contributed by atoms with E-state index in [1.165, 1.54) is 11.8 Å². The summed E-state index contributed by atoms with van der Waals surface area (Å²) in [6.07, 6.45) is 0. The minimum absolute atomic E-state index is 0. The molecule has 0 bridgehead atoms. The largest absolute Gasteiger partial charge is 0.346 e. The van der Waals surface area contributed by atoms with Gasteiger partial charge in [0, 0.05) is 23.3 Å². The Labute approximate surface area is 162 Å². The second-order valence-electron chi connectivity index (χ2n) is 5.89. The van der Waals surface area contributed by atoms with Gasteiger partial charge in [0.25, 0.3) is 5.91 Å². The maximum Gasteiger partial charge on any atom is 0.251 e. The number of carbonyl (C=O) groups excluding carboxylic acids is 2. The van der Waals surface area contributed by atoms with Crippen LogP contribution in [0.5, 0.6) is 0 Å². The maximum absolute atomic E-state index is 12.1. The normalized spacial score (nSPS) is 10.7. The van der Waals surface area contributed by atoms with Gasteiger partial charge in [-0.25, -0.2) is 0 Å². The van der Waals surface area contributed by atoms with Gasteiger partial charge in [0.05, 0.1) is 9.96 Å². The molecular weight excluding hydrogens is 378 g/mol. The predicted molar refractivity (Wildman–Crippen MR) is 108 cm³/mol. The number of hydrogen-bond acceptors (Lipinski definition) is 5. The molecule has 0 fully saturated rings. The molecule has 0 radical (unpaired) electrons. The summed E-state index contributed by atoms with van der Waals surface area (Å²) in [4.78, 5) is 24.1. The fraction of sp³-hybridized carbons (Fsp3) is 0.294. The van der Waals surface area contributed by atoms with Crippen LogP contribution in [0.4, 0.5) is 5.69 Å². The number of thioether (sulfide) groups is 1. The van der Waals surface area contributed by atoms with Gasteiger partial charge in [0.2, 0.25) is 5.91 Å². The lowest BCUT2D eigenvalue weighted by molar-refractivity contribution is -0.113. The van der Waals surface area contributed by atoms with E-state index in [2.05, 4.69) is 10.6 Å². The number of nitrogens with one attached hydrogen (secondary N) is 2. The zero-order valence-corrected chi connectivity index (χ0v) is 16.5. The molecule has 25 heavy (non-hydrogen) atoms. The smallest absolute Gasteiger partial charge is 0.251 e. The third kappa shape index (κ3) is 7.07. The molecule has 0 saturated carbocycles. The summed E-state index contributed by atoms with van der Waals surface area (Å²) in [5.74, 6) is 0.0967. The number of benzene rings is 1. The molecule has 136 valence electrons. The highest BCUT2D eigenvalue weighted by molar-refractivity contribution is 8.01. The lowest BCUT2D eigenvalue weighted by Gasteiger charge is -2.24. The Kier molecular flexibility index (Phi) is 8.44. The summed E-state index contributed by atoms with van der Waals surface area (Å²) in [6.45, 7) is 4.09. The van der Waals surface area contributed by atoms with Crippen LogP contribution in [0.25, 0.3) is 0 Å². The highest BCUT2D eigenvalue weighted by Crippen LogP contribution is 2.23. The van der Waals surface area contributed by atoms with Gasteiger partial charge in [-0.05, 0) is 49.6 Å². The molecule has 0 atom stereocenters. The molecule has 0 saturated heterocycles. The molecule has 1 heterocycles. The minimum Gasteiger partial charge on any atom is -0.346 e. The summed E-state index contributed by atoms with van der Waals surface area (Å²) in [5.41, 5.74) is 6.35. The van der Waals surface area contributed by atoms with Gasteiger partial charge in [-0.1, -0.05) is 6.07 Å². The van der Waals surface area contributed by atoms with Crippen molar-refractivity contribution < 1.29 is 9.59 Å². The Bertz CT molecular complexity index is 688. The van der Waals surface area contributed by atoms with E-state index < -0.39 is 5.54 Å². The number of anilines is 1. The summed E-state index contributed by atoms with van der Waals surface area (Å²) >= 11 is 3.11. The first-order valence-electron chi connectivity index (χ1n) is 7.48. The van der Waals surface area contributed by atoms with Crippen LogP contribution in [0, 0.1) is 0 Å². The molecular formula is C17H22ClN3O2S2. The Morgan fingerprint density at radius 1 is 1.20 bits per heavy atom. The molecule has 0 aliphatic rings. The highest BCUT2D eigenvalue weighted by atomic mass is 35.5. The van der Waals surface area contributed by atoms with E-state index in [-0.39, 0.29) is 24.2 Å². The number of halogens is 1. The van der Waals surface area contributed by atoms with Crippen LogP contribution in [-0.2, 0) is 4.79 Å². The van der Waals surface area contributed by atoms with E-state index in [0.29, 0.717) is 23.5 Å². The average Bonchev–Trinajstić information content (AvgIpc) is 3.06. The second-order valence-corrected chi connectivity index (χ2v) is 8.11. The molecule has 4 N–H and O–H groups in total. The van der Waals surface area contributed by atoms with Crippen molar-refractivity contribution in [2.24, 2.45) is 5.73 Å². The minimum atomic E-state index is -0.455. The van der Waals surface area contributed by atoms with E-state index in [0.717, 1.165) is 4.21 Å². The highest BCUT2D eigenvalue weighted by Gasteiger charge is 2.19. The fourth-order valence-electron chi connectivity index (χ4n) is 1.81. The van der Waals surface area contributed by atoms with Crippen LogP contribution in [0.3, 0.4) is 0 Å². The zero-order valence-electron chi connectivity index (χ0n) is 14.1. The monoisotopic (exact) mass is 399 g/mol. The first-order valence-corrected chi connectivity index (χ1v) is 9.35. The van der Waals surface area contributed by atoms with E-state index in [9.17, 15) is 9.59 Å². The van der Waals surface area contributed by atoms with E-state index in [1.54, 1.807) is 35.6 Å². The standard InChI is InChI=1S/C17H21N3O2S2.ClH/c1-17(2,11-18)20-16(22)12-5-7-13(8-6-12)19-14(21)10-24-15-4-3-9-23-15;/h3-9H,10-11,18H2,1-2H3,(H,19,21)(H,20,22);1H. The van der Waals surface area contributed by atoms with Crippen molar-refractivity contribution in [2.45, 2.75) is 23.6 Å². The van der Waals surface area contributed by atoms with Gasteiger partial charge in [-0.15, -0.1) is 35.5 Å². The Balaban J connectivity index is 0.00000312. The number of hydrogen-bond donors (Lipinski definition) is 3. The van der Waals surface area contributed by atoms with Gasteiger partial charge < -0.3 is 16.4 Å². The topological polar surface area (TPSA) is 84.2 Å². The van der Waals surface area contributed by atoms with Gasteiger partial charge in [-0.3, -0.25) is 9.59 Å². The van der Waals surface area contributed by atoms with Gasteiger partial charge in [0.1, 0.15) is 0 Å². The molecule has 1 aromatic carbocycles. The van der Waals surface area contributed by atoms with Gasteiger partial charge >= 0.3 is 0 Å². The van der Waals surface area contributed by atoms with Crippen molar-refractivity contribution in [3.63, 3.8) is 0 Å². The van der Waals surface area contributed by atoms with Crippen LogP contribution in [0.2, 0.25) is 0 Å². The summed E-state index contributed by atoms with van der Waals surface area (Å²) in [5, 5.41) is 7.67. The number of rotatable bonds is 7. The van der Waals surface area contributed by atoms with Crippen molar-refractivity contribution in [3.8, 4) is 0 Å². The third-order valence-corrected chi connectivity index (χ3v) is 5.36. The SMILES string of the molecule is CC(C)(CN)NC(=O)c1ccc(NC(=O)CSc2cccs2)cc1.Cl. The van der Waals surface area contributed by atoms with Crippen LogP contribution < -0.4 is 16.4 Å². The maximum atomic E-state index is 12.1. The van der Waals surface area contributed by atoms with Crippen LogP contribution in [-0.4, -0.2) is 29.7 Å². The lowest BCUT2D eigenvalue weighted by Crippen LogP contribution is -2.48. The number of nitrogens with two attached hydrogens (primary N) is 1. The molecule has 1 aromatic heterocycles. The lowest BCUT2D eigenvalue weighted by atomic mass is 10.1. The van der Waals surface area contributed by atoms with E-state index in [1.807, 2.05) is 31.4 Å². The average molecular weight is 400 g/mol. The molecule has 5 nitrogen and oxygen atoms in total. The van der Waals surface area contributed by atoms with Crippen molar-refractivity contribution in [1.29, 1.82) is 0 Å². The Morgan fingerprint density at radius 2 is 1.88 bits per heavy atom. The van der Waals surface area contributed by atoms with Gasteiger partial charge in [0.15, 0.2) is 0 Å². The van der Waals surface area contributed by atoms with E-state index in [4.69, 9.17) is 5.73 Å².